The first-order valence-electron chi connectivity index (χ1n) is 6.85. The minimum Gasteiger partial charge on any atom is -0.324 e. The highest BCUT2D eigenvalue weighted by molar-refractivity contribution is 8.00. The van der Waals surface area contributed by atoms with Crippen LogP contribution in [0.3, 0.4) is 0 Å². The summed E-state index contributed by atoms with van der Waals surface area (Å²) in [6.45, 7) is 3.76. The molecule has 0 bridgehead atoms. The van der Waals surface area contributed by atoms with Gasteiger partial charge in [0, 0.05) is 17.0 Å². The molecule has 0 fully saturated rings. The normalized spacial score (nSPS) is 11.8. The molecule has 5 nitrogen and oxygen atoms in total. The first-order chi connectivity index (χ1) is 10.9. The molecule has 1 N–H and O–H groups in total. The molecular weight excluding hydrogens is 336 g/mol. The topological polar surface area (TPSA) is 72.2 Å². The van der Waals surface area contributed by atoms with Crippen molar-refractivity contribution < 1.29 is 9.72 Å². The maximum Gasteiger partial charge on any atom is 0.271 e. The molecule has 0 aromatic heterocycles. The molecule has 23 heavy (non-hydrogen) atoms. The van der Waals surface area contributed by atoms with E-state index in [1.807, 2.05) is 31.2 Å². The van der Waals surface area contributed by atoms with Crippen LogP contribution in [0.1, 0.15) is 12.5 Å². The number of anilines is 1. The molecule has 0 aliphatic rings. The zero-order valence-corrected chi connectivity index (χ0v) is 14.1. The number of rotatable bonds is 5. The smallest absolute Gasteiger partial charge is 0.271 e. The quantitative estimate of drug-likeness (QED) is 0.483. The Labute approximate surface area is 143 Å². The summed E-state index contributed by atoms with van der Waals surface area (Å²) < 4.78 is 0. The number of nitrogens with one attached hydrogen (secondary N) is 1. The number of carbonyl (C=O) groups is 1. The van der Waals surface area contributed by atoms with Crippen LogP contribution in [0.4, 0.5) is 11.4 Å². The van der Waals surface area contributed by atoms with Gasteiger partial charge < -0.3 is 5.32 Å². The van der Waals surface area contributed by atoms with Crippen LogP contribution < -0.4 is 5.32 Å². The largest absolute Gasteiger partial charge is 0.324 e. The van der Waals surface area contributed by atoms with Crippen LogP contribution in [0.25, 0.3) is 0 Å². The number of aryl methyl sites for hydroxylation is 1. The number of hydrogen-bond donors (Lipinski definition) is 1. The third-order valence-corrected chi connectivity index (χ3v) is 4.56. The minimum atomic E-state index is -0.531. The van der Waals surface area contributed by atoms with Gasteiger partial charge in [-0.05, 0) is 32.0 Å². The summed E-state index contributed by atoms with van der Waals surface area (Å²) in [6, 6.07) is 11.8. The maximum absolute atomic E-state index is 12.3. The van der Waals surface area contributed by atoms with Gasteiger partial charge in [0.2, 0.25) is 5.91 Å². The second-order valence-electron chi connectivity index (χ2n) is 4.98. The molecule has 0 aliphatic carbocycles. The van der Waals surface area contributed by atoms with Gasteiger partial charge in [0.25, 0.3) is 5.69 Å². The second-order valence-corrected chi connectivity index (χ2v) is 6.81. The van der Waals surface area contributed by atoms with E-state index in [0.29, 0.717) is 0 Å². The molecule has 0 saturated carbocycles. The average Bonchev–Trinajstić information content (AvgIpc) is 2.51. The monoisotopic (exact) mass is 350 g/mol. The van der Waals surface area contributed by atoms with E-state index < -0.39 is 4.92 Å². The lowest BCUT2D eigenvalue weighted by Crippen LogP contribution is -2.22. The Morgan fingerprint density at radius 3 is 2.52 bits per heavy atom. The average molecular weight is 351 g/mol. The van der Waals surface area contributed by atoms with Gasteiger partial charge in [0.05, 0.1) is 20.9 Å². The van der Waals surface area contributed by atoms with Gasteiger partial charge >= 0.3 is 0 Å². The zero-order valence-electron chi connectivity index (χ0n) is 12.6. The minimum absolute atomic E-state index is 0.122. The summed E-state index contributed by atoms with van der Waals surface area (Å²) in [7, 11) is 0. The van der Waals surface area contributed by atoms with Gasteiger partial charge in [-0.2, -0.15) is 0 Å². The first kappa shape index (κ1) is 17.3. The lowest BCUT2D eigenvalue weighted by atomic mass is 10.2. The molecule has 2 rings (SSSR count). The van der Waals surface area contributed by atoms with E-state index in [2.05, 4.69) is 5.32 Å². The summed E-state index contributed by atoms with van der Waals surface area (Å²) in [5, 5.41) is 13.3. The van der Waals surface area contributed by atoms with Crippen molar-refractivity contribution >= 4 is 40.6 Å². The standard InChI is InChI=1S/C16H15ClN2O3S/c1-10-3-6-13(7-4-10)23-11(2)16(20)18-15-9-12(19(21)22)5-8-14(15)17/h3-9,11H,1-2H3,(H,18,20). The summed E-state index contributed by atoms with van der Waals surface area (Å²) >= 11 is 7.39. The van der Waals surface area contributed by atoms with Crippen molar-refractivity contribution in [2.75, 3.05) is 5.32 Å². The van der Waals surface area contributed by atoms with Crippen LogP contribution in [0.15, 0.2) is 47.4 Å². The fourth-order valence-electron chi connectivity index (χ4n) is 1.83. The van der Waals surface area contributed by atoms with E-state index in [0.717, 1.165) is 10.5 Å². The number of halogens is 1. The molecule has 1 amide bonds. The number of benzene rings is 2. The van der Waals surface area contributed by atoms with Gasteiger partial charge in [-0.15, -0.1) is 11.8 Å². The molecule has 7 heteroatoms. The second kappa shape index (κ2) is 7.48. The third kappa shape index (κ3) is 4.71. The fraction of sp³-hybridized carbons (Fsp3) is 0.188. The molecule has 2 aromatic carbocycles. The highest BCUT2D eigenvalue weighted by Crippen LogP contribution is 2.29. The predicted molar refractivity (Wildman–Crippen MR) is 93.2 cm³/mol. The van der Waals surface area contributed by atoms with Crippen molar-refractivity contribution in [2.24, 2.45) is 0 Å². The van der Waals surface area contributed by atoms with Crippen LogP contribution in [0, 0.1) is 17.0 Å². The Bertz CT molecular complexity index is 735. The highest BCUT2D eigenvalue weighted by Gasteiger charge is 2.17. The van der Waals surface area contributed by atoms with Crippen molar-refractivity contribution in [3.05, 3.63) is 63.2 Å². The van der Waals surface area contributed by atoms with Crippen molar-refractivity contribution in [3.63, 3.8) is 0 Å². The lowest BCUT2D eigenvalue weighted by molar-refractivity contribution is -0.384. The molecule has 0 spiro atoms. The highest BCUT2D eigenvalue weighted by atomic mass is 35.5. The van der Waals surface area contributed by atoms with E-state index in [4.69, 9.17) is 11.6 Å². The number of thioether (sulfide) groups is 1. The maximum atomic E-state index is 12.3. The SMILES string of the molecule is Cc1ccc(SC(C)C(=O)Nc2cc([N+](=O)[O-])ccc2Cl)cc1. The van der Waals surface area contributed by atoms with Crippen molar-refractivity contribution in [1.82, 2.24) is 0 Å². The number of hydrogen-bond acceptors (Lipinski definition) is 4. The van der Waals surface area contributed by atoms with E-state index >= 15 is 0 Å². The van der Waals surface area contributed by atoms with Gasteiger partial charge in [-0.3, -0.25) is 14.9 Å². The third-order valence-electron chi connectivity index (χ3n) is 3.12. The molecule has 0 heterocycles. The summed E-state index contributed by atoms with van der Waals surface area (Å²) in [4.78, 5) is 23.5. The molecule has 1 unspecified atom stereocenters. The molecule has 2 aromatic rings. The lowest BCUT2D eigenvalue weighted by Gasteiger charge is -2.13. The molecule has 0 aliphatic heterocycles. The molecule has 1 atom stereocenters. The van der Waals surface area contributed by atoms with E-state index in [9.17, 15) is 14.9 Å². The number of carbonyl (C=O) groups excluding carboxylic acids is 1. The fourth-order valence-corrected chi connectivity index (χ4v) is 2.86. The molecule has 0 saturated heterocycles. The van der Waals surface area contributed by atoms with Crippen molar-refractivity contribution in [3.8, 4) is 0 Å². The van der Waals surface area contributed by atoms with E-state index in [1.165, 1.54) is 30.0 Å². The van der Waals surface area contributed by atoms with Crippen LogP contribution >= 0.6 is 23.4 Å². The number of amides is 1. The number of nitro benzene ring substituents is 1. The van der Waals surface area contributed by atoms with E-state index in [-0.39, 0.29) is 27.6 Å². The van der Waals surface area contributed by atoms with Crippen LogP contribution in [0.5, 0.6) is 0 Å². The van der Waals surface area contributed by atoms with Gasteiger partial charge in [-0.25, -0.2) is 0 Å². The van der Waals surface area contributed by atoms with Crippen molar-refractivity contribution in [2.45, 2.75) is 24.0 Å². The van der Waals surface area contributed by atoms with Crippen LogP contribution in [-0.2, 0) is 4.79 Å². The Morgan fingerprint density at radius 1 is 1.26 bits per heavy atom. The summed E-state index contributed by atoms with van der Waals surface area (Å²) in [5.41, 5.74) is 1.26. The number of non-ortho nitro benzene ring substituents is 1. The summed E-state index contributed by atoms with van der Waals surface area (Å²) in [5.74, 6) is -0.266. The molecule has 120 valence electrons. The number of nitrogens with zero attached hydrogens (tertiary/aromatic N) is 1. The molecular formula is C16H15ClN2O3S. The Hall–Kier alpha value is -2.05. The summed E-state index contributed by atoms with van der Waals surface area (Å²) in [6.07, 6.45) is 0. The Balaban J connectivity index is 2.07. The molecule has 0 radical (unpaired) electrons. The van der Waals surface area contributed by atoms with Crippen LogP contribution in [0.2, 0.25) is 5.02 Å². The Kier molecular flexibility index (Phi) is 5.63. The van der Waals surface area contributed by atoms with Gasteiger partial charge in [-0.1, -0.05) is 29.3 Å². The van der Waals surface area contributed by atoms with Gasteiger partial charge in [0.15, 0.2) is 0 Å². The Morgan fingerprint density at radius 2 is 1.91 bits per heavy atom. The predicted octanol–water partition coefficient (Wildman–Crippen LogP) is 4.68. The van der Waals surface area contributed by atoms with Gasteiger partial charge in [0.1, 0.15) is 0 Å². The first-order valence-corrected chi connectivity index (χ1v) is 8.10. The van der Waals surface area contributed by atoms with Crippen LogP contribution in [-0.4, -0.2) is 16.1 Å². The van der Waals surface area contributed by atoms with Crippen molar-refractivity contribution in [1.29, 1.82) is 0 Å². The number of nitro groups is 1. The van der Waals surface area contributed by atoms with E-state index in [1.54, 1.807) is 6.92 Å². The zero-order chi connectivity index (χ0) is 17.0.